The van der Waals surface area contributed by atoms with E-state index >= 15 is 0 Å². The molecule has 1 aliphatic carbocycles. The van der Waals surface area contributed by atoms with Crippen LogP contribution >= 0.6 is 27.3 Å². The molecular weight excluding hydrogens is 298 g/mol. The molecule has 0 aromatic carbocycles. The summed E-state index contributed by atoms with van der Waals surface area (Å²) in [5.74, 6) is 0. The fourth-order valence-electron chi connectivity index (χ4n) is 2.75. The first kappa shape index (κ1) is 13.5. The number of hydrogen-bond donors (Lipinski definition) is 1. The van der Waals surface area contributed by atoms with Gasteiger partial charge in [0.15, 0.2) is 0 Å². The second-order valence-electron chi connectivity index (χ2n) is 4.67. The molecule has 1 unspecified atom stereocenters. The first-order valence-electron chi connectivity index (χ1n) is 6.32. The molecule has 1 heterocycles. The van der Waals surface area contributed by atoms with Crippen molar-refractivity contribution >= 4 is 27.3 Å². The third-order valence-corrected chi connectivity index (χ3v) is 5.58. The molecule has 4 heteroatoms. The average molecular weight is 318 g/mol. The Morgan fingerprint density at radius 1 is 1.47 bits per heavy atom. The standard InChI is InChI=1S/C13H20BrNOS/c1-2-16-13(7-4-3-5-8-13)12(15)11-10(14)6-9-17-11/h6,9,12H,2-5,7-8,15H2,1H3. The number of thiophene rings is 1. The topological polar surface area (TPSA) is 35.2 Å². The van der Waals surface area contributed by atoms with Crippen LogP contribution in [0.15, 0.2) is 15.9 Å². The van der Waals surface area contributed by atoms with Gasteiger partial charge in [0.1, 0.15) is 0 Å². The van der Waals surface area contributed by atoms with Crippen LogP contribution in [0, 0.1) is 0 Å². The number of hydrogen-bond acceptors (Lipinski definition) is 3. The minimum atomic E-state index is -0.139. The van der Waals surface area contributed by atoms with Gasteiger partial charge in [0, 0.05) is 16.0 Å². The van der Waals surface area contributed by atoms with Gasteiger partial charge in [-0.15, -0.1) is 11.3 Å². The molecule has 17 heavy (non-hydrogen) atoms. The van der Waals surface area contributed by atoms with Gasteiger partial charge in [0.05, 0.1) is 11.6 Å². The van der Waals surface area contributed by atoms with Crippen molar-refractivity contribution in [2.45, 2.75) is 50.7 Å². The van der Waals surface area contributed by atoms with E-state index in [9.17, 15) is 0 Å². The summed E-state index contributed by atoms with van der Waals surface area (Å²) in [4.78, 5) is 1.22. The molecule has 1 fully saturated rings. The predicted molar refractivity (Wildman–Crippen MR) is 76.4 cm³/mol. The van der Waals surface area contributed by atoms with Crippen LogP contribution in [0.25, 0.3) is 0 Å². The van der Waals surface area contributed by atoms with Crippen LogP contribution in [-0.4, -0.2) is 12.2 Å². The molecule has 0 amide bonds. The molecule has 2 N–H and O–H groups in total. The Hall–Kier alpha value is 0.100. The van der Waals surface area contributed by atoms with E-state index in [2.05, 4.69) is 34.3 Å². The van der Waals surface area contributed by atoms with Gasteiger partial charge >= 0.3 is 0 Å². The fraction of sp³-hybridized carbons (Fsp3) is 0.692. The molecule has 2 nitrogen and oxygen atoms in total. The van der Waals surface area contributed by atoms with Crippen molar-refractivity contribution in [1.82, 2.24) is 0 Å². The van der Waals surface area contributed by atoms with E-state index in [0.29, 0.717) is 0 Å². The summed E-state index contributed by atoms with van der Waals surface area (Å²) in [5, 5.41) is 2.09. The van der Waals surface area contributed by atoms with Crippen molar-refractivity contribution < 1.29 is 4.74 Å². The Morgan fingerprint density at radius 2 is 2.18 bits per heavy atom. The quantitative estimate of drug-likeness (QED) is 0.901. The zero-order valence-electron chi connectivity index (χ0n) is 10.2. The monoisotopic (exact) mass is 317 g/mol. The van der Waals surface area contributed by atoms with E-state index in [1.165, 1.54) is 24.1 Å². The lowest BCUT2D eigenvalue weighted by Gasteiger charge is -2.41. The van der Waals surface area contributed by atoms with Crippen molar-refractivity contribution in [3.05, 3.63) is 20.8 Å². The van der Waals surface area contributed by atoms with Crippen LogP contribution in [0.3, 0.4) is 0 Å². The zero-order chi connectivity index (χ0) is 12.3. The number of halogens is 1. The van der Waals surface area contributed by atoms with Crippen molar-refractivity contribution in [2.24, 2.45) is 5.73 Å². The largest absolute Gasteiger partial charge is 0.373 e. The minimum absolute atomic E-state index is 0.00266. The van der Waals surface area contributed by atoms with Gasteiger partial charge in [-0.1, -0.05) is 19.3 Å². The molecule has 0 bridgehead atoms. The van der Waals surface area contributed by atoms with Crippen LogP contribution in [0.1, 0.15) is 49.9 Å². The molecule has 0 radical (unpaired) electrons. The highest BCUT2D eigenvalue weighted by molar-refractivity contribution is 9.10. The Morgan fingerprint density at radius 3 is 2.71 bits per heavy atom. The Bertz CT molecular complexity index is 355. The molecular formula is C13H20BrNOS. The van der Waals surface area contributed by atoms with Gasteiger partial charge in [-0.3, -0.25) is 0 Å². The summed E-state index contributed by atoms with van der Waals surface area (Å²) >= 11 is 5.31. The van der Waals surface area contributed by atoms with Crippen LogP contribution in [-0.2, 0) is 4.74 Å². The maximum Gasteiger partial charge on any atom is 0.0882 e. The first-order chi connectivity index (χ1) is 8.19. The smallest absolute Gasteiger partial charge is 0.0882 e. The lowest BCUT2D eigenvalue weighted by molar-refractivity contribution is -0.0825. The minimum Gasteiger partial charge on any atom is -0.373 e. The highest BCUT2D eigenvalue weighted by Gasteiger charge is 2.40. The van der Waals surface area contributed by atoms with E-state index in [-0.39, 0.29) is 11.6 Å². The molecule has 0 spiro atoms. The van der Waals surface area contributed by atoms with Gasteiger partial charge in [-0.2, -0.15) is 0 Å². The summed E-state index contributed by atoms with van der Waals surface area (Å²) in [6.07, 6.45) is 5.96. The lowest BCUT2D eigenvalue weighted by atomic mass is 9.79. The van der Waals surface area contributed by atoms with Crippen molar-refractivity contribution in [3.8, 4) is 0 Å². The van der Waals surface area contributed by atoms with E-state index in [4.69, 9.17) is 10.5 Å². The molecule has 0 aliphatic heterocycles. The highest BCUT2D eigenvalue weighted by atomic mass is 79.9. The number of ether oxygens (including phenoxy) is 1. The van der Waals surface area contributed by atoms with Gasteiger partial charge in [-0.25, -0.2) is 0 Å². The number of nitrogens with two attached hydrogens (primary N) is 1. The maximum atomic E-state index is 6.49. The van der Waals surface area contributed by atoms with E-state index < -0.39 is 0 Å². The van der Waals surface area contributed by atoms with Crippen LogP contribution in [0.5, 0.6) is 0 Å². The van der Waals surface area contributed by atoms with Crippen LogP contribution in [0.4, 0.5) is 0 Å². The molecule has 0 saturated heterocycles. The summed E-state index contributed by atoms with van der Waals surface area (Å²) in [5.41, 5.74) is 6.35. The van der Waals surface area contributed by atoms with E-state index in [1.54, 1.807) is 11.3 Å². The maximum absolute atomic E-state index is 6.49. The Balaban J connectivity index is 2.23. The Kier molecular flexibility index (Phi) is 4.64. The molecule has 1 aromatic heterocycles. The first-order valence-corrected chi connectivity index (χ1v) is 7.99. The normalized spacial score (nSPS) is 21.4. The van der Waals surface area contributed by atoms with Gasteiger partial charge in [0.2, 0.25) is 0 Å². The molecule has 1 aromatic rings. The lowest BCUT2D eigenvalue weighted by Crippen LogP contribution is -2.45. The number of rotatable bonds is 4. The van der Waals surface area contributed by atoms with Crippen LogP contribution < -0.4 is 5.73 Å². The fourth-order valence-corrected chi connectivity index (χ4v) is 4.48. The van der Waals surface area contributed by atoms with E-state index in [1.807, 2.05) is 0 Å². The molecule has 1 aliphatic rings. The van der Waals surface area contributed by atoms with Crippen molar-refractivity contribution in [2.75, 3.05) is 6.61 Å². The predicted octanol–water partition coefficient (Wildman–Crippen LogP) is 4.25. The molecule has 96 valence electrons. The average Bonchev–Trinajstić information content (AvgIpc) is 2.76. The SMILES string of the molecule is CCOC1(C(N)c2sccc2Br)CCCCC1. The van der Waals surface area contributed by atoms with Gasteiger partial charge in [-0.05, 0) is 47.1 Å². The second-order valence-corrected chi connectivity index (χ2v) is 6.47. The van der Waals surface area contributed by atoms with Gasteiger partial charge in [0.25, 0.3) is 0 Å². The van der Waals surface area contributed by atoms with Crippen molar-refractivity contribution in [3.63, 3.8) is 0 Å². The molecule has 2 rings (SSSR count). The summed E-state index contributed by atoms with van der Waals surface area (Å²) in [7, 11) is 0. The van der Waals surface area contributed by atoms with Crippen LogP contribution in [0.2, 0.25) is 0 Å². The van der Waals surface area contributed by atoms with Crippen molar-refractivity contribution in [1.29, 1.82) is 0 Å². The zero-order valence-corrected chi connectivity index (χ0v) is 12.6. The third-order valence-electron chi connectivity index (χ3n) is 3.63. The third kappa shape index (κ3) is 2.75. The molecule has 1 atom stereocenters. The summed E-state index contributed by atoms with van der Waals surface area (Å²) in [6, 6.07) is 2.07. The van der Waals surface area contributed by atoms with E-state index in [0.717, 1.165) is 23.9 Å². The summed E-state index contributed by atoms with van der Waals surface area (Å²) < 4.78 is 7.20. The second kappa shape index (κ2) is 5.83. The van der Waals surface area contributed by atoms with Gasteiger partial charge < -0.3 is 10.5 Å². The summed E-state index contributed by atoms with van der Waals surface area (Å²) in [6.45, 7) is 2.81. The highest BCUT2D eigenvalue weighted by Crippen LogP contribution is 2.43. The Labute approximate surface area is 116 Å². The molecule has 1 saturated carbocycles.